The lowest BCUT2D eigenvalue weighted by atomic mass is 10.1. The molecule has 4 N–H and O–H groups in total. The Balaban J connectivity index is 3.09. The summed E-state index contributed by atoms with van der Waals surface area (Å²) >= 11 is 0. The van der Waals surface area contributed by atoms with Crippen LogP contribution < -0.4 is 10.6 Å². The zero-order valence-electron chi connectivity index (χ0n) is 9.54. The largest absolute Gasteiger partial charge is 0.405 e. The molecule has 7 heteroatoms. The maximum atomic E-state index is 12.4. The fraction of sp³-hybridized carbons (Fsp3) is 0.364. The molecule has 0 bridgehead atoms. The number of nitrogens with one attached hydrogen (secondary N) is 1. The fourth-order valence-corrected chi connectivity index (χ4v) is 1.60. The first-order valence-electron chi connectivity index (χ1n) is 5.21. The Hall–Kier alpha value is -1.76. The summed E-state index contributed by atoms with van der Waals surface area (Å²) in [7, 11) is 0. The Morgan fingerprint density at radius 3 is 2.44 bits per heavy atom. The first-order chi connectivity index (χ1) is 8.35. The molecule has 0 saturated heterocycles. The van der Waals surface area contributed by atoms with E-state index in [1.54, 1.807) is 12.1 Å². The Bertz CT molecular complexity index is 420. The van der Waals surface area contributed by atoms with E-state index in [9.17, 15) is 13.2 Å². The summed E-state index contributed by atoms with van der Waals surface area (Å²) in [5.74, 6) is -0.310. The van der Waals surface area contributed by atoms with E-state index in [2.05, 4.69) is 0 Å². The van der Waals surface area contributed by atoms with Gasteiger partial charge < -0.3 is 15.7 Å². The number of hydrogen-bond acceptors (Lipinski definition) is 3. The number of alkyl halides is 3. The lowest BCUT2D eigenvalue weighted by Gasteiger charge is -2.27. The number of anilines is 1. The first-order valence-corrected chi connectivity index (χ1v) is 5.21. The van der Waals surface area contributed by atoms with E-state index in [1.165, 1.54) is 12.1 Å². The number of aliphatic hydroxyl groups excluding tert-OH is 1. The van der Waals surface area contributed by atoms with E-state index < -0.39 is 19.3 Å². The number of nitrogens with two attached hydrogens (primary N) is 1. The van der Waals surface area contributed by atoms with E-state index in [4.69, 9.17) is 16.2 Å². The van der Waals surface area contributed by atoms with Gasteiger partial charge in [-0.2, -0.15) is 13.2 Å². The molecule has 0 aromatic heterocycles. The molecule has 0 aliphatic heterocycles. The van der Waals surface area contributed by atoms with Crippen LogP contribution in [0.3, 0.4) is 0 Å². The van der Waals surface area contributed by atoms with Crippen molar-refractivity contribution in [3.63, 3.8) is 0 Å². The second-order valence-corrected chi connectivity index (χ2v) is 3.69. The number of nitrogen functional groups attached to an aromatic ring is 1. The van der Waals surface area contributed by atoms with Gasteiger partial charge in [0.15, 0.2) is 0 Å². The van der Waals surface area contributed by atoms with Crippen molar-refractivity contribution in [3.05, 3.63) is 29.8 Å². The summed E-state index contributed by atoms with van der Waals surface area (Å²) in [6.07, 6.45) is -4.39. The highest BCUT2D eigenvalue weighted by molar-refractivity contribution is 6.00. The molecular weight excluding hydrogens is 247 g/mol. The highest BCUT2D eigenvalue weighted by Gasteiger charge is 2.31. The molecule has 0 unspecified atom stereocenters. The maximum absolute atomic E-state index is 12.4. The number of para-hydroxylation sites is 1. The lowest BCUT2D eigenvalue weighted by molar-refractivity contribution is -0.119. The molecule has 4 nitrogen and oxygen atoms in total. The molecule has 1 aromatic carbocycles. The molecule has 0 saturated carbocycles. The van der Waals surface area contributed by atoms with Gasteiger partial charge in [0, 0.05) is 17.8 Å². The first kappa shape index (κ1) is 14.3. The van der Waals surface area contributed by atoms with Gasteiger partial charge in [0.05, 0.1) is 6.61 Å². The van der Waals surface area contributed by atoms with Gasteiger partial charge in [-0.3, -0.25) is 5.41 Å². The second kappa shape index (κ2) is 5.72. The summed E-state index contributed by atoms with van der Waals surface area (Å²) in [5.41, 5.74) is 5.73. The lowest BCUT2D eigenvalue weighted by Crippen LogP contribution is -2.37. The number of halogens is 3. The van der Waals surface area contributed by atoms with Gasteiger partial charge in [0.2, 0.25) is 0 Å². The Morgan fingerprint density at radius 2 is 1.94 bits per heavy atom. The van der Waals surface area contributed by atoms with Crippen molar-refractivity contribution in [3.8, 4) is 0 Å². The standard InChI is InChI=1S/C11H14F3N3O/c12-11(13,14)7-17(5-6-18)9-4-2-1-3-8(9)10(15)16/h1-4,18H,5-7H2,(H3,15,16). The summed E-state index contributed by atoms with van der Waals surface area (Å²) in [6.45, 7) is -1.79. The summed E-state index contributed by atoms with van der Waals surface area (Å²) in [6, 6.07) is 6.06. The van der Waals surface area contributed by atoms with E-state index in [0.29, 0.717) is 0 Å². The van der Waals surface area contributed by atoms with Crippen LogP contribution in [-0.4, -0.2) is 36.8 Å². The van der Waals surface area contributed by atoms with Crippen molar-refractivity contribution in [2.75, 3.05) is 24.6 Å². The number of benzene rings is 1. The van der Waals surface area contributed by atoms with Gasteiger partial charge in [-0.25, -0.2) is 0 Å². The van der Waals surface area contributed by atoms with Crippen LogP contribution in [0.1, 0.15) is 5.56 Å². The predicted octanol–water partition coefficient (Wildman–Crippen LogP) is 1.33. The predicted molar refractivity (Wildman–Crippen MR) is 62.8 cm³/mol. The van der Waals surface area contributed by atoms with Gasteiger partial charge in [-0.1, -0.05) is 12.1 Å². The number of hydrogen-bond donors (Lipinski definition) is 3. The van der Waals surface area contributed by atoms with E-state index in [1.807, 2.05) is 0 Å². The summed E-state index contributed by atoms with van der Waals surface area (Å²) in [5, 5.41) is 16.2. The van der Waals surface area contributed by atoms with Crippen LogP contribution in [0.5, 0.6) is 0 Å². The van der Waals surface area contributed by atoms with Crippen LogP contribution in [0.15, 0.2) is 24.3 Å². The van der Waals surface area contributed by atoms with Crippen LogP contribution in [-0.2, 0) is 0 Å². The van der Waals surface area contributed by atoms with Crippen LogP contribution in [0.25, 0.3) is 0 Å². The number of amidine groups is 1. The number of aliphatic hydroxyl groups is 1. The smallest absolute Gasteiger partial charge is 0.395 e. The number of rotatable bonds is 5. The van der Waals surface area contributed by atoms with Crippen LogP contribution >= 0.6 is 0 Å². The van der Waals surface area contributed by atoms with Crippen molar-refractivity contribution in [1.82, 2.24) is 0 Å². The van der Waals surface area contributed by atoms with Crippen molar-refractivity contribution in [2.24, 2.45) is 5.73 Å². The average Bonchev–Trinajstić information content (AvgIpc) is 2.26. The quantitative estimate of drug-likeness (QED) is 0.553. The highest BCUT2D eigenvalue weighted by atomic mass is 19.4. The minimum Gasteiger partial charge on any atom is -0.395 e. The van der Waals surface area contributed by atoms with Crippen LogP contribution in [0.2, 0.25) is 0 Å². The zero-order chi connectivity index (χ0) is 13.8. The Morgan fingerprint density at radius 1 is 1.33 bits per heavy atom. The van der Waals surface area contributed by atoms with E-state index in [0.717, 1.165) is 4.90 Å². The minimum absolute atomic E-state index is 0.177. The molecule has 100 valence electrons. The molecule has 18 heavy (non-hydrogen) atoms. The van der Waals surface area contributed by atoms with Gasteiger partial charge in [0.25, 0.3) is 0 Å². The van der Waals surface area contributed by atoms with Crippen LogP contribution in [0.4, 0.5) is 18.9 Å². The van der Waals surface area contributed by atoms with Gasteiger partial charge in [-0.15, -0.1) is 0 Å². The third-order valence-electron chi connectivity index (χ3n) is 2.27. The van der Waals surface area contributed by atoms with E-state index >= 15 is 0 Å². The van der Waals surface area contributed by atoms with Gasteiger partial charge >= 0.3 is 6.18 Å². The monoisotopic (exact) mass is 261 g/mol. The molecule has 0 aliphatic rings. The summed E-state index contributed by atoms with van der Waals surface area (Å²) in [4.78, 5) is 0.955. The molecular formula is C11H14F3N3O. The zero-order valence-corrected chi connectivity index (χ0v) is 9.54. The molecule has 0 spiro atoms. The second-order valence-electron chi connectivity index (χ2n) is 3.69. The van der Waals surface area contributed by atoms with Crippen LogP contribution in [0, 0.1) is 5.41 Å². The molecule has 1 rings (SSSR count). The topological polar surface area (TPSA) is 73.3 Å². The van der Waals surface area contributed by atoms with E-state index in [-0.39, 0.29) is 23.6 Å². The van der Waals surface area contributed by atoms with Gasteiger partial charge in [0.1, 0.15) is 12.4 Å². The Labute approximate surface area is 102 Å². The number of nitrogens with zero attached hydrogens (tertiary/aromatic N) is 1. The third-order valence-corrected chi connectivity index (χ3v) is 2.27. The third kappa shape index (κ3) is 3.92. The van der Waals surface area contributed by atoms with Crippen molar-refractivity contribution in [2.45, 2.75) is 6.18 Å². The molecule has 1 aromatic rings. The maximum Gasteiger partial charge on any atom is 0.405 e. The molecule has 0 amide bonds. The molecule has 0 heterocycles. The molecule has 0 aliphatic carbocycles. The molecule has 0 atom stereocenters. The Kier molecular flexibility index (Phi) is 4.55. The molecule has 0 radical (unpaired) electrons. The minimum atomic E-state index is -4.39. The van der Waals surface area contributed by atoms with Gasteiger partial charge in [-0.05, 0) is 12.1 Å². The summed E-state index contributed by atoms with van der Waals surface area (Å²) < 4.78 is 37.3. The molecule has 0 fully saturated rings. The van der Waals surface area contributed by atoms with Crippen molar-refractivity contribution in [1.29, 1.82) is 5.41 Å². The highest BCUT2D eigenvalue weighted by Crippen LogP contribution is 2.24. The van der Waals surface area contributed by atoms with Crippen molar-refractivity contribution >= 4 is 11.5 Å². The average molecular weight is 261 g/mol. The SMILES string of the molecule is N=C(N)c1ccccc1N(CCO)CC(F)(F)F. The normalized spacial score (nSPS) is 11.3. The fourth-order valence-electron chi connectivity index (χ4n) is 1.60. The van der Waals surface area contributed by atoms with Crippen molar-refractivity contribution < 1.29 is 18.3 Å².